The van der Waals surface area contributed by atoms with E-state index >= 15 is 0 Å². The third kappa shape index (κ3) is 5.72. The Morgan fingerprint density at radius 1 is 1.20 bits per heavy atom. The Bertz CT molecular complexity index is 177. The number of hydrogen-bond donors (Lipinski definition) is 1. The number of hydrogen-bond acceptors (Lipinski definition) is 1. The van der Waals surface area contributed by atoms with Gasteiger partial charge in [-0.15, -0.1) is 6.58 Å². The van der Waals surface area contributed by atoms with E-state index in [0.29, 0.717) is 28.6 Å². The molecule has 0 aliphatic rings. The molecule has 0 aromatic heterocycles. The molecule has 0 heterocycles. The van der Waals surface area contributed by atoms with Crippen molar-refractivity contribution in [3.05, 3.63) is 12.7 Å². The van der Waals surface area contributed by atoms with Crippen LogP contribution in [0.15, 0.2) is 12.7 Å². The molecule has 0 aromatic carbocycles. The van der Waals surface area contributed by atoms with Crippen LogP contribution in [0.2, 0.25) is 0 Å². The molecule has 0 aromatic rings. The van der Waals surface area contributed by atoms with Crippen LogP contribution in [0.5, 0.6) is 0 Å². The molecule has 1 N–H and O–H groups in total. The van der Waals surface area contributed by atoms with Gasteiger partial charge < -0.3 is 5.32 Å². The van der Waals surface area contributed by atoms with Gasteiger partial charge in [-0.1, -0.05) is 56.6 Å². The zero-order chi connectivity index (χ0) is 12.0. The third-order valence-electron chi connectivity index (χ3n) is 3.11. The summed E-state index contributed by atoms with van der Waals surface area (Å²) in [5, 5.41) is 3.49. The van der Waals surface area contributed by atoms with Crippen LogP contribution in [0.25, 0.3) is 0 Å². The van der Waals surface area contributed by atoms with Gasteiger partial charge in [-0.2, -0.15) is 0 Å². The van der Waals surface area contributed by atoms with Crippen LogP contribution < -0.4 is 5.32 Å². The zero-order valence-corrected chi connectivity index (χ0v) is 12.3. The molecule has 4 atom stereocenters. The topological polar surface area (TPSA) is 12.0 Å². The van der Waals surface area contributed by atoms with Crippen LogP contribution in [0, 0.1) is 17.8 Å². The number of rotatable bonds is 7. The summed E-state index contributed by atoms with van der Waals surface area (Å²) in [5.74, 6) is 1.84. The van der Waals surface area contributed by atoms with E-state index in [-0.39, 0.29) is 0 Å². The predicted molar refractivity (Wildman–Crippen MR) is 73.5 cm³/mol. The molecule has 0 radical (unpaired) electrons. The Balaban J connectivity index is 4.21. The second-order valence-corrected chi connectivity index (χ2v) is 6.33. The Morgan fingerprint density at radius 3 is 2.07 bits per heavy atom. The highest BCUT2D eigenvalue weighted by Crippen LogP contribution is 2.28. The second kappa shape index (κ2) is 7.45. The summed E-state index contributed by atoms with van der Waals surface area (Å²) >= 11 is 3.66. The molecule has 0 aliphatic heterocycles. The number of allylic oxidation sites excluding steroid dienone is 1. The van der Waals surface area contributed by atoms with Crippen LogP contribution in [-0.2, 0) is 0 Å². The lowest BCUT2D eigenvalue weighted by Crippen LogP contribution is -2.34. The van der Waals surface area contributed by atoms with Gasteiger partial charge in [-0.3, -0.25) is 0 Å². The maximum atomic E-state index is 3.96. The van der Waals surface area contributed by atoms with Gasteiger partial charge in [-0.05, 0) is 24.3 Å². The van der Waals surface area contributed by atoms with Gasteiger partial charge >= 0.3 is 0 Å². The second-order valence-electron chi connectivity index (χ2n) is 4.89. The minimum atomic E-state index is 0.544. The van der Waals surface area contributed by atoms with E-state index < -0.39 is 0 Å². The van der Waals surface area contributed by atoms with Gasteiger partial charge in [0.05, 0.1) is 0 Å². The maximum absolute atomic E-state index is 3.96. The van der Waals surface area contributed by atoms with Crippen LogP contribution in [0.1, 0.15) is 34.6 Å². The van der Waals surface area contributed by atoms with Gasteiger partial charge in [0.1, 0.15) is 0 Å². The number of halogens is 1. The van der Waals surface area contributed by atoms with Crippen molar-refractivity contribution in [3.8, 4) is 0 Å². The summed E-state index contributed by atoms with van der Waals surface area (Å²) in [6, 6.07) is 0.564. The van der Waals surface area contributed by atoms with Crippen LogP contribution >= 0.6 is 15.9 Å². The average Bonchev–Trinajstić information content (AvgIpc) is 2.15. The van der Waals surface area contributed by atoms with E-state index in [2.05, 4.69) is 68.5 Å². The minimum absolute atomic E-state index is 0.544. The molecule has 0 aliphatic carbocycles. The fourth-order valence-corrected chi connectivity index (χ4v) is 2.18. The van der Waals surface area contributed by atoms with Crippen molar-refractivity contribution in [1.29, 1.82) is 0 Å². The average molecular weight is 276 g/mol. The lowest BCUT2D eigenvalue weighted by molar-refractivity contribution is 0.299. The summed E-state index contributed by atoms with van der Waals surface area (Å²) < 4.78 is 0. The first-order valence-electron chi connectivity index (χ1n) is 5.90. The molecule has 90 valence electrons. The first-order valence-corrected chi connectivity index (χ1v) is 6.81. The van der Waals surface area contributed by atoms with E-state index in [0.717, 1.165) is 6.54 Å². The van der Waals surface area contributed by atoms with Crippen molar-refractivity contribution < 1.29 is 0 Å². The highest BCUT2D eigenvalue weighted by Gasteiger charge is 2.23. The lowest BCUT2D eigenvalue weighted by atomic mass is 9.82. The van der Waals surface area contributed by atoms with E-state index in [1.54, 1.807) is 0 Å². The zero-order valence-electron chi connectivity index (χ0n) is 10.8. The molecule has 2 heteroatoms. The largest absolute Gasteiger partial charge is 0.314 e. The van der Waals surface area contributed by atoms with Crippen molar-refractivity contribution in [2.24, 2.45) is 17.8 Å². The van der Waals surface area contributed by atoms with Gasteiger partial charge in [-0.25, -0.2) is 0 Å². The summed E-state index contributed by atoms with van der Waals surface area (Å²) in [4.78, 5) is 0.544. The van der Waals surface area contributed by atoms with E-state index in [1.807, 2.05) is 0 Å². The summed E-state index contributed by atoms with van der Waals surface area (Å²) in [5.41, 5.74) is 0. The minimum Gasteiger partial charge on any atom is -0.314 e. The van der Waals surface area contributed by atoms with E-state index in [9.17, 15) is 0 Å². The SMILES string of the molecule is C=C[C@H](C(C)CNC(C)C)[C@H](C)[C@H](C)Br. The fourth-order valence-electron chi connectivity index (χ4n) is 1.83. The van der Waals surface area contributed by atoms with Crippen molar-refractivity contribution in [2.45, 2.75) is 45.5 Å². The van der Waals surface area contributed by atoms with Crippen LogP contribution in [0.4, 0.5) is 0 Å². The maximum Gasteiger partial charge on any atom is 0.0148 e. The normalized spacial score (nSPS) is 19.7. The molecule has 0 bridgehead atoms. The molecular formula is C13H26BrN. The van der Waals surface area contributed by atoms with Crippen LogP contribution in [-0.4, -0.2) is 17.4 Å². The Labute approximate surface area is 104 Å². The van der Waals surface area contributed by atoms with Crippen molar-refractivity contribution in [3.63, 3.8) is 0 Å². The van der Waals surface area contributed by atoms with Crippen molar-refractivity contribution in [1.82, 2.24) is 5.32 Å². The molecule has 0 saturated heterocycles. The summed E-state index contributed by atoms with van der Waals surface area (Å²) in [6.07, 6.45) is 2.11. The third-order valence-corrected chi connectivity index (χ3v) is 3.94. The Hall–Kier alpha value is 0.180. The molecular weight excluding hydrogens is 250 g/mol. The molecule has 0 rings (SSSR count). The number of nitrogens with one attached hydrogen (secondary N) is 1. The highest BCUT2D eigenvalue weighted by molar-refractivity contribution is 9.09. The first kappa shape index (κ1) is 15.2. The highest BCUT2D eigenvalue weighted by atomic mass is 79.9. The molecule has 1 unspecified atom stereocenters. The van der Waals surface area contributed by atoms with Crippen molar-refractivity contribution >= 4 is 15.9 Å². The monoisotopic (exact) mass is 275 g/mol. The summed E-state index contributed by atoms with van der Waals surface area (Å²) in [6.45, 7) is 16.2. The van der Waals surface area contributed by atoms with Gasteiger partial charge in [0.2, 0.25) is 0 Å². The molecule has 0 spiro atoms. The summed E-state index contributed by atoms with van der Waals surface area (Å²) in [7, 11) is 0. The molecule has 0 fully saturated rings. The molecule has 1 nitrogen and oxygen atoms in total. The standard InChI is InChI=1S/C13H26BrN/c1-7-13(11(5)12(6)14)10(4)8-15-9(2)3/h7,9-13,15H,1,8H2,2-6H3/t10?,11-,12+,13-/m1/s1. The fraction of sp³-hybridized carbons (Fsp3) is 0.846. The lowest BCUT2D eigenvalue weighted by Gasteiger charge is -2.29. The van der Waals surface area contributed by atoms with E-state index in [4.69, 9.17) is 0 Å². The molecule has 0 amide bonds. The Morgan fingerprint density at radius 2 is 1.73 bits per heavy atom. The smallest absolute Gasteiger partial charge is 0.0148 e. The molecule has 15 heavy (non-hydrogen) atoms. The van der Waals surface area contributed by atoms with E-state index in [1.165, 1.54) is 0 Å². The number of alkyl halides is 1. The first-order chi connectivity index (χ1) is 6.90. The van der Waals surface area contributed by atoms with Crippen molar-refractivity contribution in [2.75, 3.05) is 6.54 Å². The van der Waals surface area contributed by atoms with Gasteiger partial charge in [0, 0.05) is 10.9 Å². The van der Waals surface area contributed by atoms with Gasteiger partial charge in [0.25, 0.3) is 0 Å². The van der Waals surface area contributed by atoms with Gasteiger partial charge in [0.15, 0.2) is 0 Å². The Kier molecular flexibility index (Phi) is 7.54. The predicted octanol–water partition coefficient (Wildman–Crippen LogP) is 3.84. The quantitative estimate of drug-likeness (QED) is 0.550. The van der Waals surface area contributed by atoms with Crippen LogP contribution in [0.3, 0.4) is 0 Å². The molecule has 0 saturated carbocycles.